The molecule has 0 fully saturated rings. The summed E-state index contributed by atoms with van der Waals surface area (Å²) >= 11 is 5.99. The molecule has 0 radical (unpaired) electrons. The molecule has 8 heteroatoms. The third kappa shape index (κ3) is 2.82. The highest BCUT2D eigenvalue weighted by molar-refractivity contribution is 7.89. The molecule has 0 bridgehead atoms. The molecule has 0 aromatic heterocycles. The molecule has 0 amide bonds. The SMILES string of the molecule is COc1ccc(Cl)cc1S(=O)(=O)N1CCc2cc3c(cc2C1)OCO3. The fourth-order valence-corrected chi connectivity index (χ4v) is 4.95. The molecule has 6 nitrogen and oxygen atoms in total. The molecule has 0 spiro atoms. The van der Waals surface area contributed by atoms with Crippen molar-refractivity contribution >= 4 is 21.6 Å². The van der Waals surface area contributed by atoms with E-state index < -0.39 is 10.0 Å². The average molecular weight is 382 g/mol. The van der Waals surface area contributed by atoms with Crippen LogP contribution in [0.5, 0.6) is 17.2 Å². The van der Waals surface area contributed by atoms with Gasteiger partial charge in [0.2, 0.25) is 16.8 Å². The van der Waals surface area contributed by atoms with Crippen molar-refractivity contribution < 1.29 is 22.6 Å². The molecule has 2 aliphatic rings. The van der Waals surface area contributed by atoms with Gasteiger partial charge in [0, 0.05) is 18.1 Å². The minimum atomic E-state index is -3.73. The minimum absolute atomic E-state index is 0.0756. The first-order valence-corrected chi connectivity index (χ1v) is 9.56. The van der Waals surface area contributed by atoms with Gasteiger partial charge in [-0.15, -0.1) is 0 Å². The Labute approximate surface area is 150 Å². The standard InChI is InChI=1S/C17H16ClNO5S/c1-22-14-3-2-13(18)8-17(14)25(20,21)19-5-4-11-6-15-16(24-10-23-15)7-12(11)9-19/h2-3,6-8H,4-5,9-10H2,1H3. The highest BCUT2D eigenvalue weighted by Gasteiger charge is 2.32. The number of nitrogens with zero attached hydrogens (tertiary/aromatic N) is 1. The lowest BCUT2D eigenvalue weighted by atomic mass is 10.0. The van der Waals surface area contributed by atoms with E-state index in [0.29, 0.717) is 29.5 Å². The van der Waals surface area contributed by atoms with Crippen molar-refractivity contribution in [3.05, 3.63) is 46.5 Å². The molecule has 0 saturated carbocycles. The van der Waals surface area contributed by atoms with Gasteiger partial charge >= 0.3 is 0 Å². The quantitative estimate of drug-likeness (QED) is 0.818. The van der Waals surface area contributed by atoms with Gasteiger partial charge in [-0.2, -0.15) is 4.31 Å². The molecule has 25 heavy (non-hydrogen) atoms. The number of ether oxygens (including phenoxy) is 3. The monoisotopic (exact) mass is 381 g/mol. The number of hydrogen-bond donors (Lipinski definition) is 0. The summed E-state index contributed by atoms with van der Waals surface area (Å²) in [6.45, 7) is 0.842. The molecule has 4 rings (SSSR count). The largest absolute Gasteiger partial charge is 0.495 e. The van der Waals surface area contributed by atoms with Gasteiger partial charge in [0.25, 0.3) is 0 Å². The molecule has 2 aliphatic heterocycles. The molecule has 132 valence electrons. The Morgan fingerprint density at radius 1 is 1.12 bits per heavy atom. The van der Waals surface area contributed by atoms with Gasteiger partial charge in [-0.25, -0.2) is 8.42 Å². The molecule has 0 saturated heterocycles. The lowest BCUT2D eigenvalue weighted by Gasteiger charge is -2.28. The van der Waals surface area contributed by atoms with Crippen LogP contribution in [0, 0.1) is 0 Å². The van der Waals surface area contributed by atoms with E-state index >= 15 is 0 Å². The predicted molar refractivity (Wildman–Crippen MR) is 91.9 cm³/mol. The summed E-state index contributed by atoms with van der Waals surface area (Å²) in [5, 5.41) is 0.347. The highest BCUT2D eigenvalue weighted by atomic mass is 35.5. The molecular weight excluding hydrogens is 366 g/mol. The molecular formula is C17H16ClNO5S. The van der Waals surface area contributed by atoms with Crippen LogP contribution in [-0.4, -0.2) is 33.2 Å². The van der Waals surface area contributed by atoms with Crippen molar-refractivity contribution in [1.82, 2.24) is 4.31 Å². The van der Waals surface area contributed by atoms with E-state index in [1.807, 2.05) is 12.1 Å². The highest BCUT2D eigenvalue weighted by Crippen LogP contribution is 2.38. The summed E-state index contributed by atoms with van der Waals surface area (Å²) in [7, 11) is -2.29. The van der Waals surface area contributed by atoms with Crippen LogP contribution in [0.4, 0.5) is 0 Å². The van der Waals surface area contributed by atoms with Crippen molar-refractivity contribution in [3.63, 3.8) is 0 Å². The molecule has 2 aromatic rings. The van der Waals surface area contributed by atoms with Crippen LogP contribution < -0.4 is 14.2 Å². The normalized spacial score (nSPS) is 16.6. The Hall–Kier alpha value is -1.96. The number of halogens is 1. The summed E-state index contributed by atoms with van der Waals surface area (Å²) in [5.41, 5.74) is 1.99. The van der Waals surface area contributed by atoms with Crippen LogP contribution in [0.25, 0.3) is 0 Å². The second-order valence-corrected chi connectivity index (χ2v) is 8.20. The number of fused-ring (bicyclic) bond motifs is 2. The van der Waals surface area contributed by atoms with Crippen LogP contribution in [0.3, 0.4) is 0 Å². The first kappa shape index (κ1) is 16.5. The van der Waals surface area contributed by atoms with Gasteiger partial charge < -0.3 is 14.2 Å². The number of methoxy groups -OCH3 is 1. The average Bonchev–Trinajstić information content (AvgIpc) is 3.06. The van der Waals surface area contributed by atoms with E-state index in [0.717, 1.165) is 11.1 Å². The summed E-state index contributed by atoms with van der Waals surface area (Å²) in [5.74, 6) is 1.64. The maximum atomic E-state index is 13.1. The summed E-state index contributed by atoms with van der Waals surface area (Å²) in [6.07, 6.45) is 0.605. The minimum Gasteiger partial charge on any atom is -0.495 e. The lowest BCUT2D eigenvalue weighted by molar-refractivity contribution is 0.174. The number of benzene rings is 2. The molecule has 2 aromatic carbocycles. The zero-order valence-corrected chi connectivity index (χ0v) is 15.1. The zero-order valence-electron chi connectivity index (χ0n) is 13.5. The third-order valence-corrected chi connectivity index (χ3v) is 6.52. The smallest absolute Gasteiger partial charge is 0.247 e. The number of rotatable bonds is 3. The first-order valence-electron chi connectivity index (χ1n) is 7.74. The topological polar surface area (TPSA) is 65.1 Å². The maximum Gasteiger partial charge on any atom is 0.247 e. The fraction of sp³-hybridized carbons (Fsp3) is 0.294. The van der Waals surface area contributed by atoms with E-state index in [1.54, 1.807) is 12.1 Å². The fourth-order valence-electron chi connectivity index (χ4n) is 3.12. The number of hydrogen-bond acceptors (Lipinski definition) is 5. The van der Waals surface area contributed by atoms with Gasteiger partial charge in [0.15, 0.2) is 11.5 Å². The van der Waals surface area contributed by atoms with Crippen molar-refractivity contribution in [2.24, 2.45) is 0 Å². The van der Waals surface area contributed by atoms with Crippen LogP contribution in [0.2, 0.25) is 5.02 Å². The van der Waals surface area contributed by atoms with Gasteiger partial charge in [-0.3, -0.25) is 0 Å². The summed E-state index contributed by atoms with van der Waals surface area (Å²) < 4.78 is 43.6. The molecule has 0 aliphatic carbocycles. The van der Waals surface area contributed by atoms with E-state index in [4.69, 9.17) is 25.8 Å². The molecule has 2 heterocycles. The Balaban J connectivity index is 1.70. The van der Waals surface area contributed by atoms with Gasteiger partial charge in [0.1, 0.15) is 10.6 Å². The van der Waals surface area contributed by atoms with Crippen molar-refractivity contribution in [3.8, 4) is 17.2 Å². The van der Waals surface area contributed by atoms with E-state index in [1.165, 1.54) is 17.5 Å². The second-order valence-electron chi connectivity index (χ2n) is 5.86. The second kappa shape index (κ2) is 6.09. The van der Waals surface area contributed by atoms with Gasteiger partial charge in [0.05, 0.1) is 7.11 Å². The first-order chi connectivity index (χ1) is 12.0. The van der Waals surface area contributed by atoms with E-state index in [9.17, 15) is 8.42 Å². The Morgan fingerprint density at radius 2 is 1.84 bits per heavy atom. The third-order valence-electron chi connectivity index (χ3n) is 4.42. The molecule has 0 unspecified atom stereocenters. The molecule has 0 N–H and O–H groups in total. The Morgan fingerprint density at radius 3 is 2.56 bits per heavy atom. The van der Waals surface area contributed by atoms with Crippen LogP contribution in [0.1, 0.15) is 11.1 Å². The van der Waals surface area contributed by atoms with Crippen molar-refractivity contribution in [2.75, 3.05) is 20.4 Å². The predicted octanol–water partition coefficient (Wildman–Crippen LogP) is 2.82. The lowest BCUT2D eigenvalue weighted by Crippen LogP contribution is -2.36. The van der Waals surface area contributed by atoms with Gasteiger partial charge in [-0.05, 0) is 47.9 Å². The summed E-state index contributed by atoms with van der Waals surface area (Å²) in [6, 6.07) is 8.37. The van der Waals surface area contributed by atoms with E-state index in [-0.39, 0.29) is 24.0 Å². The van der Waals surface area contributed by atoms with Crippen LogP contribution >= 0.6 is 11.6 Å². The van der Waals surface area contributed by atoms with Gasteiger partial charge in [-0.1, -0.05) is 11.6 Å². The summed E-state index contributed by atoms with van der Waals surface area (Å²) in [4.78, 5) is 0.0756. The van der Waals surface area contributed by atoms with Crippen LogP contribution in [0.15, 0.2) is 35.2 Å². The Kier molecular flexibility index (Phi) is 4.02. The Bertz CT molecular complexity index is 944. The van der Waals surface area contributed by atoms with E-state index in [2.05, 4.69) is 0 Å². The van der Waals surface area contributed by atoms with Crippen molar-refractivity contribution in [1.29, 1.82) is 0 Å². The molecule has 0 atom stereocenters. The zero-order chi connectivity index (χ0) is 17.6. The number of sulfonamides is 1. The van der Waals surface area contributed by atoms with Crippen LogP contribution in [-0.2, 0) is 23.0 Å². The van der Waals surface area contributed by atoms with Crippen molar-refractivity contribution in [2.45, 2.75) is 17.9 Å². The maximum absolute atomic E-state index is 13.1.